The summed E-state index contributed by atoms with van der Waals surface area (Å²) in [7, 11) is -4.13. The minimum atomic E-state index is -4.13. The summed E-state index contributed by atoms with van der Waals surface area (Å²) >= 11 is 8.24. The van der Waals surface area contributed by atoms with Crippen LogP contribution in [0.5, 0.6) is 5.75 Å². The van der Waals surface area contributed by atoms with Crippen LogP contribution >= 0.6 is 31.0 Å². The van der Waals surface area contributed by atoms with Gasteiger partial charge in [-0.05, 0) is 101 Å². The van der Waals surface area contributed by atoms with E-state index in [9.17, 15) is 9.36 Å². The molecule has 0 saturated carbocycles. The van der Waals surface area contributed by atoms with E-state index in [1.165, 1.54) is 0 Å². The zero-order chi connectivity index (χ0) is 32.9. The van der Waals surface area contributed by atoms with E-state index in [0.717, 1.165) is 32.7 Å². The van der Waals surface area contributed by atoms with Gasteiger partial charge in [0.2, 0.25) is 5.57 Å². The quantitative estimate of drug-likeness (QED) is 0.151. The first-order valence-electron chi connectivity index (χ1n) is 14.9. The summed E-state index contributed by atoms with van der Waals surface area (Å²) in [6, 6.07) is 23.0. The van der Waals surface area contributed by atoms with Gasteiger partial charge in [0.1, 0.15) is 18.0 Å². The summed E-state index contributed by atoms with van der Waals surface area (Å²) in [6.45, 7) is 8.89. The minimum absolute atomic E-state index is 0.00293. The number of rotatable bonds is 16. The van der Waals surface area contributed by atoms with Crippen molar-refractivity contribution in [3.63, 3.8) is 0 Å². The first kappa shape index (κ1) is 36.7. The van der Waals surface area contributed by atoms with Crippen molar-refractivity contribution in [1.82, 2.24) is 5.32 Å². The molecular weight excluding hydrogens is 636 g/mol. The Hall–Kier alpha value is -2.81. The number of amides is 1. The van der Waals surface area contributed by atoms with Crippen molar-refractivity contribution >= 4 is 37.1 Å². The number of alkyl carbamates (subject to hydrolysis) is 1. The predicted molar refractivity (Wildman–Crippen MR) is 179 cm³/mol. The highest BCUT2D eigenvalue weighted by molar-refractivity contribution is 7.99. The summed E-state index contributed by atoms with van der Waals surface area (Å²) in [5, 5.41) is 3.27. The SMILES string of the molecule is CCOP(=O)(OCC)/C(F)=C/C(CCCc1ccc(Sc2cccc(OCc3ccccc3)c2)cc1Cl)NC(=O)OC(C)(C)C. The van der Waals surface area contributed by atoms with Crippen LogP contribution in [0.4, 0.5) is 9.18 Å². The highest BCUT2D eigenvalue weighted by Crippen LogP contribution is 2.56. The van der Waals surface area contributed by atoms with E-state index in [-0.39, 0.29) is 13.2 Å². The Labute approximate surface area is 275 Å². The van der Waals surface area contributed by atoms with Gasteiger partial charge in [-0.3, -0.25) is 4.57 Å². The first-order valence-corrected chi connectivity index (χ1v) is 17.6. The third-order valence-electron chi connectivity index (χ3n) is 6.18. The van der Waals surface area contributed by atoms with Crippen LogP contribution in [0.3, 0.4) is 0 Å². The van der Waals surface area contributed by atoms with Gasteiger partial charge >= 0.3 is 13.7 Å². The normalized spacial score (nSPS) is 12.9. The fourth-order valence-corrected chi connectivity index (χ4v) is 6.84. The monoisotopic (exact) mass is 677 g/mol. The zero-order valence-corrected chi connectivity index (χ0v) is 28.9. The van der Waals surface area contributed by atoms with Gasteiger partial charge < -0.3 is 23.8 Å². The lowest BCUT2D eigenvalue weighted by Gasteiger charge is -2.23. The molecule has 1 N–H and O–H groups in total. The fourth-order valence-electron chi connectivity index (χ4n) is 4.23. The van der Waals surface area contributed by atoms with Crippen LogP contribution in [-0.2, 0) is 31.4 Å². The van der Waals surface area contributed by atoms with Crippen LogP contribution in [-0.4, -0.2) is 30.9 Å². The lowest BCUT2D eigenvalue weighted by atomic mass is 10.0. The number of benzene rings is 3. The molecule has 11 heteroatoms. The fraction of sp³-hybridized carbons (Fsp3) is 0.382. The van der Waals surface area contributed by atoms with Crippen molar-refractivity contribution < 1.29 is 32.3 Å². The van der Waals surface area contributed by atoms with E-state index in [1.54, 1.807) is 46.4 Å². The Bertz CT molecular complexity index is 1460. The van der Waals surface area contributed by atoms with E-state index in [4.69, 9.17) is 30.1 Å². The molecule has 3 rings (SSSR count). The molecule has 0 radical (unpaired) electrons. The Kier molecular flexibility index (Phi) is 14.5. The molecule has 1 amide bonds. The Morgan fingerprint density at radius 1 is 1.00 bits per heavy atom. The van der Waals surface area contributed by atoms with Crippen LogP contribution in [0.2, 0.25) is 5.02 Å². The maximum absolute atomic E-state index is 15.2. The van der Waals surface area contributed by atoms with Gasteiger partial charge in [0.15, 0.2) is 0 Å². The molecule has 3 aromatic rings. The van der Waals surface area contributed by atoms with Crippen LogP contribution in [0.15, 0.2) is 94.2 Å². The molecule has 0 spiro atoms. The number of hydrogen-bond donors (Lipinski definition) is 1. The lowest BCUT2D eigenvalue weighted by Crippen LogP contribution is -2.38. The molecular formula is C34H42ClFNO6PS. The standard InChI is InChI=1S/C34H42ClFNO6PS/c1-6-41-44(39,42-7-2)32(36)21-27(37-33(38)43-34(3,4)5)16-11-15-26-19-20-30(23-31(26)35)45-29-18-12-17-28(22-29)40-24-25-13-9-8-10-14-25/h8-10,12-14,17-23,27H,6-7,11,15-16,24H2,1-5H3,(H,37,38)/b32-21+. The average molecular weight is 678 g/mol. The number of aryl methyl sites for hydroxylation is 1. The lowest BCUT2D eigenvalue weighted by molar-refractivity contribution is 0.0511. The average Bonchev–Trinajstić information content (AvgIpc) is 2.97. The van der Waals surface area contributed by atoms with Crippen LogP contribution in [0.1, 0.15) is 58.6 Å². The highest BCUT2D eigenvalue weighted by Gasteiger charge is 2.31. The van der Waals surface area contributed by atoms with Crippen molar-refractivity contribution in [3.05, 3.63) is 101 Å². The number of carbonyl (C=O) groups is 1. The van der Waals surface area contributed by atoms with Gasteiger partial charge in [-0.15, -0.1) is 0 Å². The summed E-state index contributed by atoms with van der Waals surface area (Å²) in [4.78, 5) is 14.5. The molecule has 1 atom stereocenters. The molecule has 3 aromatic carbocycles. The molecule has 45 heavy (non-hydrogen) atoms. The number of nitrogens with one attached hydrogen (secondary N) is 1. The van der Waals surface area contributed by atoms with Crippen molar-refractivity contribution in [2.45, 2.75) is 81.9 Å². The van der Waals surface area contributed by atoms with E-state index >= 15 is 4.39 Å². The molecule has 0 saturated heterocycles. The molecule has 0 bridgehead atoms. The molecule has 0 aromatic heterocycles. The topological polar surface area (TPSA) is 83.1 Å². The minimum Gasteiger partial charge on any atom is -0.489 e. The Balaban J connectivity index is 1.64. The van der Waals surface area contributed by atoms with Gasteiger partial charge in [-0.2, -0.15) is 4.39 Å². The number of carbonyl (C=O) groups excluding carboxylic acids is 1. The molecule has 0 aliphatic heterocycles. The van der Waals surface area contributed by atoms with Gasteiger partial charge in [0, 0.05) is 14.8 Å². The van der Waals surface area contributed by atoms with Crippen molar-refractivity contribution in [1.29, 1.82) is 0 Å². The van der Waals surface area contributed by atoms with Crippen LogP contribution in [0.25, 0.3) is 0 Å². The van der Waals surface area contributed by atoms with Crippen LogP contribution in [0, 0.1) is 0 Å². The third kappa shape index (κ3) is 12.8. The summed E-state index contributed by atoms with van der Waals surface area (Å²) < 4.78 is 49.6. The van der Waals surface area contributed by atoms with Crippen LogP contribution < -0.4 is 10.1 Å². The van der Waals surface area contributed by atoms with E-state index < -0.39 is 30.9 Å². The molecule has 1 unspecified atom stereocenters. The van der Waals surface area contributed by atoms with Crippen molar-refractivity contribution in [2.75, 3.05) is 13.2 Å². The summed E-state index contributed by atoms with van der Waals surface area (Å²) in [5.74, 6) is 0.783. The maximum atomic E-state index is 15.2. The summed E-state index contributed by atoms with van der Waals surface area (Å²) in [5.41, 5.74) is 0.214. The first-order chi connectivity index (χ1) is 21.4. The second-order valence-electron chi connectivity index (χ2n) is 11.1. The number of halogens is 2. The zero-order valence-electron chi connectivity index (χ0n) is 26.4. The van der Waals surface area contributed by atoms with Gasteiger partial charge in [-0.25, -0.2) is 4.79 Å². The number of ether oxygens (including phenoxy) is 2. The Morgan fingerprint density at radius 3 is 2.33 bits per heavy atom. The molecule has 0 aliphatic carbocycles. The molecule has 7 nitrogen and oxygen atoms in total. The maximum Gasteiger partial charge on any atom is 0.408 e. The van der Waals surface area contributed by atoms with Crippen molar-refractivity contribution in [3.8, 4) is 5.75 Å². The van der Waals surface area contributed by atoms with Gasteiger partial charge in [0.25, 0.3) is 0 Å². The second-order valence-corrected chi connectivity index (χ2v) is 14.6. The third-order valence-corrected chi connectivity index (χ3v) is 9.38. The van der Waals surface area contributed by atoms with E-state index in [0.29, 0.717) is 30.9 Å². The molecule has 0 fully saturated rings. The second kappa shape index (κ2) is 17.8. The largest absolute Gasteiger partial charge is 0.489 e. The van der Waals surface area contributed by atoms with Gasteiger partial charge in [-0.1, -0.05) is 65.8 Å². The van der Waals surface area contributed by atoms with E-state index in [2.05, 4.69) is 5.32 Å². The molecule has 0 heterocycles. The summed E-state index contributed by atoms with van der Waals surface area (Å²) in [6.07, 6.45) is 1.81. The molecule has 0 aliphatic rings. The number of hydrogen-bond acceptors (Lipinski definition) is 7. The van der Waals surface area contributed by atoms with E-state index in [1.807, 2.05) is 72.8 Å². The van der Waals surface area contributed by atoms with Gasteiger partial charge in [0.05, 0.1) is 19.3 Å². The van der Waals surface area contributed by atoms with Crippen molar-refractivity contribution in [2.24, 2.45) is 0 Å². The Morgan fingerprint density at radius 2 is 1.69 bits per heavy atom. The molecule has 244 valence electrons. The smallest absolute Gasteiger partial charge is 0.408 e. The predicted octanol–water partition coefficient (Wildman–Crippen LogP) is 10.4. The highest BCUT2D eigenvalue weighted by atomic mass is 35.5.